The summed E-state index contributed by atoms with van der Waals surface area (Å²) in [6.45, 7) is 3.59. The van der Waals surface area contributed by atoms with Crippen LogP contribution in [-0.2, 0) is 4.79 Å². The number of methoxy groups -OCH3 is 1. The Morgan fingerprint density at radius 3 is 2.52 bits per heavy atom. The molecule has 1 heterocycles. The van der Waals surface area contributed by atoms with Crippen LogP contribution in [0, 0.1) is 5.41 Å². The number of hydrogen-bond donors (Lipinski definition) is 2. The first-order valence-electron chi connectivity index (χ1n) is 11.5. The lowest BCUT2D eigenvalue weighted by Crippen LogP contribution is -2.50. The van der Waals surface area contributed by atoms with Crippen LogP contribution in [0.15, 0.2) is 29.3 Å². The first-order chi connectivity index (χ1) is 15.0. The van der Waals surface area contributed by atoms with Crippen molar-refractivity contribution < 1.29 is 9.53 Å². The Balaban J connectivity index is 1.66. The van der Waals surface area contributed by atoms with Crippen LogP contribution in [0.25, 0.3) is 0 Å². The zero-order valence-electron chi connectivity index (χ0n) is 19.6. The van der Waals surface area contributed by atoms with Gasteiger partial charge in [-0.05, 0) is 56.5 Å². The molecule has 1 amide bonds. The molecule has 0 radical (unpaired) electrons. The van der Waals surface area contributed by atoms with Crippen LogP contribution in [0.3, 0.4) is 0 Å². The molecule has 2 fully saturated rings. The number of guanidine groups is 1. The summed E-state index contributed by atoms with van der Waals surface area (Å²) in [4.78, 5) is 21.6. The fraction of sp³-hybridized carbons (Fsp3) is 0.667. The maximum Gasteiger partial charge on any atom is 0.230 e. The molecule has 0 spiro atoms. The molecule has 1 saturated carbocycles. The summed E-state index contributed by atoms with van der Waals surface area (Å²) >= 11 is 0. The van der Waals surface area contributed by atoms with Crippen LogP contribution in [-0.4, -0.2) is 76.1 Å². The highest BCUT2D eigenvalue weighted by Gasteiger charge is 2.42. The minimum Gasteiger partial charge on any atom is -0.497 e. The zero-order chi connectivity index (χ0) is 22.3. The zero-order valence-corrected chi connectivity index (χ0v) is 19.6. The molecular weight excluding hydrogens is 390 g/mol. The molecule has 1 unspecified atom stereocenters. The largest absolute Gasteiger partial charge is 0.497 e. The van der Waals surface area contributed by atoms with E-state index in [0.29, 0.717) is 6.54 Å². The lowest BCUT2D eigenvalue weighted by atomic mass is 9.84. The van der Waals surface area contributed by atoms with E-state index in [1.165, 1.54) is 18.4 Å². The lowest BCUT2D eigenvalue weighted by Gasteiger charge is -2.32. The quantitative estimate of drug-likeness (QED) is 0.491. The van der Waals surface area contributed by atoms with E-state index >= 15 is 0 Å². The predicted molar refractivity (Wildman–Crippen MR) is 126 cm³/mol. The number of carbonyl (C=O) groups excluding carboxylic acids is 1. The van der Waals surface area contributed by atoms with E-state index in [1.807, 2.05) is 20.2 Å². The number of rotatable bonds is 8. The molecule has 31 heavy (non-hydrogen) atoms. The standard InChI is InChI=1S/C24H39N5O2/c1-25-23(27-18-24(12-5-6-13-24)22(30)28(2)3)26-17-21(29-14-7-8-15-29)19-10-9-11-20(16-19)31-4/h9-11,16,21H,5-8,12-15,17-18H2,1-4H3,(H2,25,26,27). The van der Waals surface area contributed by atoms with Gasteiger partial charge in [-0.15, -0.1) is 0 Å². The van der Waals surface area contributed by atoms with E-state index in [2.05, 4.69) is 38.7 Å². The van der Waals surface area contributed by atoms with Crippen molar-refractivity contribution in [1.82, 2.24) is 20.4 Å². The monoisotopic (exact) mass is 429 g/mol. The average molecular weight is 430 g/mol. The number of carbonyl (C=O) groups is 1. The molecule has 1 aliphatic heterocycles. The van der Waals surface area contributed by atoms with Crippen molar-refractivity contribution in [3.05, 3.63) is 29.8 Å². The minimum atomic E-state index is -0.317. The SMILES string of the molecule is CN=C(NCC(c1cccc(OC)c1)N1CCCC1)NCC1(C(=O)N(C)C)CCCC1. The van der Waals surface area contributed by atoms with Gasteiger partial charge in [0.15, 0.2) is 5.96 Å². The fourth-order valence-corrected chi connectivity index (χ4v) is 5.02. The van der Waals surface area contributed by atoms with Gasteiger partial charge in [-0.25, -0.2) is 0 Å². The number of hydrogen-bond acceptors (Lipinski definition) is 4. The van der Waals surface area contributed by atoms with Crippen LogP contribution in [0.1, 0.15) is 50.1 Å². The molecule has 1 aliphatic carbocycles. The Bertz CT molecular complexity index is 752. The molecule has 1 saturated heterocycles. The van der Waals surface area contributed by atoms with Gasteiger partial charge in [0.1, 0.15) is 5.75 Å². The fourth-order valence-electron chi connectivity index (χ4n) is 5.02. The van der Waals surface area contributed by atoms with Crippen molar-refractivity contribution in [1.29, 1.82) is 0 Å². The Morgan fingerprint density at radius 2 is 1.90 bits per heavy atom. The Hall–Kier alpha value is -2.28. The van der Waals surface area contributed by atoms with Gasteiger partial charge in [0.2, 0.25) is 5.91 Å². The molecule has 1 atom stereocenters. The van der Waals surface area contributed by atoms with Gasteiger partial charge in [0.25, 0.3) is 0 Å². The summed E-state index contributed by atoms with van der Waals surface area (Å²) in [6, 6.07) is 8.60. The first-order valence-corrected chi connectivity index (χ1v) is 11.5. The molecule has 7 nitrogen and oxygen atoms in total. The van der Waals surface area contributed by atoms with Crippen molar-refractivity contribution in [3.8, 4) is 5.75 Å². The Labute approximate surface area is 187 Å². The number of likely N-dealkylation sites (tertiary alicyclic amines) is 1. The summed E-state index contributed by atoms with van der Waals surface area (Å²) in [6.07, 6.45) is 6.58. The van der Waals surface area contributed by atoms with Crippen molar-refractivity contribution in [3.63, 3.8) is 0 Å². The van der Waals surface area contributed by atoms with E-state index in [9.17, 15) is 4.79 Å². The number of nitrogens with zero attached hydrogens (tertiary/aromatic N) is 3. The summed E-state index contributed by atoms with van der Waals surface area (Å²) in [5, 5.41) is 6.98. The normalized spacial score (nSPS) is 19.8. The summed E-state index contributed by atoms with van der Waals surface area (Å²) < 4.78 is 5.45. The van der Waals surface area contributed by atoms with Crippen molar-refractivity contribution in [2.75, 3.05) is 54.4 Å². The summed E-state index contributed by atoms with van der Waals surface area (Å²) in [7, 11) is 7.21. The van der Waals surface area contributed by atoms with E-state index in [4.69, 9.17) is 4.74 Å². The van der Waals surface area contributed by atoms with Gasteiger partial charge in [-0.2, -0.15) is 0 Å². The van der Waals surface area contributed by atoms with Crippen LogP contribution < -0.4 is 15.4 Å². The van der Waals surface area contributed by atoms with Crippen molar-refractivity contribution in [2.45, 2.75) is 44.6 Å². The molecule has 3 rings (SSSR count). The molecule has 172 valence electrons. The maximum atomic E-state index is 12.9. The number of amides is 1. The van der Waals surface area contributed by atoms with Gasteiger partial charge in [-0.1, -0.05) is 25.0 Å². The van der Waals surface area contributed by atoms with Crippen LogP contribution in [0.5, 0.6) is 5.75 Å². The van der Waals surface area contributed by atoms with Crippen LogP contribution in [0.2, 0.25) is 0 Å². The molecule has 2 N–H and O–H groups in total. The molecular formula is C24H39N5O2. The molecule has 7 heteroatoms. The Morgan fingerprint density at radius 1 is 1.19 bits per heavy atom. The van der Waals surface area contributed by atoms with E-state index in [-0.39, 0.29) is 17.4 Å². The molecule has 1 aromatic carbocycles. The smallest absolute Gasteiger partial charge is 0.230 e. The van der Waals surface area contributed by atoms with E-state index in [1.54, 1.807) is 19.1 Å². The van der Waals surface area contributed by atoms with Gasteiger partial charge in [0.05, 0.1) is 18.6 Å². The third-order valence-electron chi connectivity index (χ3n) is 6.76. The second-order valence-corrected chi connectivity index (χ2v) is 9.03. The minimum absolute atomic E-state index is 0.222. The first kappa shape index (κ1) is 23.4. The third-order valence-corrected chi connectivity index (χ3v) is 6.76. The molecule has 1 aromatic rings. The van der Waals surface area contributed by atoms with Crippen LogP contribution >= 0.6 is 0 Å². The molecule has 0 aromatic heterocycles. The maximum absolute atomic E-state index is 12.9. The number of ether oxygens (including phenoxy) is 1. The van der Waals surface area contributed by atoms with Crippen molar-refractivity contribution in [2.24, 2.45) is 10.4 Å². The van der Waals surface area contributed by atoms with Gasteiger partial charge in [-0.3, -0.25) is 14.7 Å². The molecule has 0 bridgehead atoms. The highest BCUT2D eigenvalue weighted by molar-refractivity contribution is 5.85. The van der Waals surface area contributed by atoms with Crippen molar-refractivity contribution >= 4 is 11.9 Å². The second-order valence-electron chi connectivity index (χ2n) is 9.03. The van der Waals surface area contributed by atoms with Crippen LogP contribution in [0.4, 0.5) is 0 Å². The lowest BCUT2D eigenvalue weighted by molar-refractivity contribution is -0.138. The summed E-state index contributed by atoms with van der Waals surface area (Å²) in [5.74, 6) is 1.86. The summed E-state index contributed by atoms with van der Waals surface area (Å²) in [5.41, 5.74) is 0.932. The topological polar surface area (TPSA) is 69.2 Å². The van der Waals surface area contributed by atoms with Gasteiger partial charge >= 0.3 is 0 Å². The average Bonchev–Trinajstić information content (AvgIpc) is 3.48. The highest BCUT2D eigenvalue weighted by Crippen LogP contribution is 2.39. The third kappa shape index (κ3) is 5.70. The van der Waals surface area contributed by atoms with Gasteiger partial charge in [0, 0.05) is 34.2 Å². The number of benzene rings is 1. The second kappa shape index (κ2) is 10.8. The highest BCUT2D eigenvalue weighted by atomic mass is 16.5. The number of nitrogens with one attached hydrogen (secondary N) is 2. The molecule has 2 aliphatic rings. The van der Waals surface area contributed by atoms with Gasteiger partial charge < -0.3 is 20.3 Å². The Kier molecular flexibility index (Phi) is 8.18. The number of aliphatic imine (C=N–C) groups is 1. The van der Waals surface area contributed by atoms with E-state index in [0.717, 1.165) is 57.0 Å². The van der Waals surface area contributed by atoms with E-state index < -0.39 is 0 Å². The predicted octanol–water partition coefficient (Wildman–Crippen LogP) is 2.65.